The molecule has 3 heterocycles. The Morgan fingerprint density at radius 3 is 2.88 bits per heavy atom. The first kappa shape index (κ1) is 15.2. The minimum absolute atomic E-state index is 0.0288. The molecule has 1 N–H and O–H groups in total. The van der Waals surface area contributed by atoms with Gasteiger partial charge in [0.1, 0.15) is 10.8 Å². The number of benzene rings is 1. The molecule has 0 radical (unpaired) electrons. The summed E-state index contributed by atoms with van der Waals surface area (Å²) in [6.45, 7) is 4.38. The van der Waals surface area contributed by atoms with E-state index in [1.807, 2.05) is 36.5 Å². The van der Waals surface area contributed by atoms with Crippen LogP contribution in [0.2, 0.25) is 0 Å². The van der Waals surface area contributed by atoms with Gasteiger partial charge in [0.25, 0.3) is 5.56 Å². The van der Waals surface area contributed by atoms with Crippen molar-refractivity contribution in [3.63, 3.8) is 0 Å². The Bertz CT molecular complexity index is 916. The van der Waals surface area contributed by atoms with E-state index in [9.17, 15) is 4.79 Å². The molecule has 0 saturated carbocycles. The number of aromatic nitrogens is 3. The summed E-state index contributed by atoms with van der Waals surface area (Å²) in [6.07, 6.45) is 2.70. The van der Waals surface area contributed by atoms with Crippen molar-refractivity contribution in [3.05, 3.63) is 68.0 Å². The number of fused-ring (bicyclic) bond motifs is 1. The number of nitrogens with one attached hydrogen (secondary N) is 1. The summed E-state index contributed by atoms with van der Waals surface area (Å²) in [5, 5.41) is 1.10. The fraction of sp³-hybridized carbons (Fsp3) is 0.278. The van der Waals surface area contributed by atoms with Crippen molar-refractivity contribution in [1.29, 1.82) is 0 Å². The molecule has 0 unspecified atom stereocenters. The second kappa shape index (κ2) is 6.30. The van der Waals surface area contributed by atoms with Crippen LogP contribution < -0.4 is 5.56 Å². The zero-order chi connectivity index (χ0) is 16.5. The minimum Gasteiger partial charge on any atom is -0.306 e. The van der Waals surface area contributed by atoms with Crippen molar-refractivity contribution < 1.29 is 0 Å². The van der Waals surface area contributed by atoms with Crippen LogP contribution in [-0.2, 0) is 19.5 Å². The van der Waals surface area contributed by atoms with Gasteiger partial charge in [0.05, 0.1) is 17.8 Å². The SMILES string of the molecule is Cc1cnc(CN2CCc3nc(-c4ccccc4)[nH]c(=O)c3C2)s1. The van der Waals surface area contributed by atoms with Crippen molar-refractivity contribution in [2.24, 2.45) is 0 Å². The molecule has 6 heteroatoms. The molecule has 4 rings (SSSR count). The third kappa shape index (κ3) is 3.02. The van der Waals surface area contributed by atoms with E-state index in [4.69, 9.17) is 4.98 Å². The minimum atomic E-state index is -0.0288. The second-order valence-electron chi connectivity index (χ2n) is 6.03. The fourth-order valence-corrected chi connectivity index (χ4v) is 3.84. The lowest BCUT2D eigenvalue weighted by Gasteiger charge is -2.26. The van der Waals surface area contributed by atoms with Gasteiger partial charge >= 0.3 is 0 Å². The highest BCUT2D eigenvalue weighted by molar-refractivity contribution is 7.11. The highest BCUT2D eigenvalue weighted by atomic mass is 32.1. The van der Waals surface area contributed by atoms with Crippen molar-refractivity contribution in [3.8, 4) is 11.4 Å². The van der Waals surface area contributed by atoms with E-state index in [-0.39, 0.29) is 5.56 Å². The highest BCUT2D eigenvalue weighted by Crippen LogP contribution is 2.21. The van der Waals surface area contributed by atoms with Crippen molar-refractivity contribution in [2.45, 2.75) is 26.4 Å². The largest absolute Gasteiger partial charge is 0.306 e. The number of rotatable bonds is 3. The Morgan fingerprint density at radius 1 is 1.29 bits per heavy atom. The molecule has 0 aliphatic carbocycles. The lowest BCUT2D eigenvalue weighted by molar-refractivity contribution is 0.241. The van der Waals surface area contributed by atoms with Crippen LogP contribution in [0.4, 0.5) is 0 Å². The second-order valence-corrected chi connectivity index (χ2v) is 7.35. The topological polar surface area (TPSA) is 61.9 Å². The number of hydrogen-bond donors (Lipinski definition) is 1. The van der Waals surface area contributed by atoms with Gasteiger partial charge in [-0.2, -0.15) is 0 Å². The number of thiazole rings is 1. The van der Waals surface area contributed by atoms with E-state index < -0.39 is 0 Å². The maximum atomic E-state index is 12.5. The molecule has 1 aromatic carbocycles. The van der Waals surface area contributed by atoms with Gasteiger partial charge in [-0.15, -0.1) is 11.3 Å². The molecule has 1 aliphatic heterocycles. The van der Waals surface area contributed by atoms with Crippen LogP contribution in [0.15, 0.2) is 41.3 Å². The molecule has 0 fully saturated rings. The molecule has 5 nitrogen and oxygen atoms in total. The average molecular weight is 338 g/mol. The number of aromatic amines is 1. The standard InChI is InChI=1S/C18H18N4OS/c1-12-9-19-16(24-12)11-22-8-7-15-14(10-22)18(23)21-17(20-15)13-5-3-2-4-6-13/h2-6,9H,7-8,10-11H2,1H3,(H,20,21,23). The van der Waals surface area contributed by atoms with Gasteiger partial charge in [-0.1, -0.05) is 30.3 Å². The van der Waals surface area contributed by atoms with Crippen LogP contribution >= 0.6 is 11.3 Å². The molecular weight excluding hydrogens is 320 g/mol. The molecule has 0 spiro atoms. The Labute approximate surface area is 144 Å². The summed E-state index contributed by atoms with van der Waals surface area (Å²) in [7, 11) is 0. The van der Waals surface area contributed by atoms with Crippen LogP contribution in [-0.4, -0.2) is 26.4 Å². The molecule has 0 amide bonds. The van der Waals surface area contributed by atoms with E-state index in [2.05, 4.69) is 21.8 Å². The molecule has 1 aliphatic rings. The van der Waals surface area contributed by atoms with Gasteiger partial charge < -0.3 is 4.98 Å². The van der Waals surface area contributed by atoms with Gasteiger partial charge in [0.15, 0.2) is 0 Å². The molecular formula is C18H18N4OS. The maximum Gasteiger partial charge on any atom is 0.255 e. The van der Waals surface area contributed by atoms with E-state index >= 15 is 0 Å². The number of nitrogens with zero attached hydrogens (tertiary/aromatic N) is 3. The molecule has 0 saturated heterocycles. The third-order valence-electron chi connectivity index (χ3n) is 4.22. The van der Waals surface area contributed by atoms with Crippen LogP contribution in [0.25, 0.3) is 11.4 Å². The fourth-order valence-electron chi connectivity index (χ4n) is 3.01. The number of aryl methyl sites for hydroxylation is 1. The Hall–Kier alpha value is -2.31. The van der Waals surface area contributed by atoms with Gasteiger partial charge in [-0.3, -0.25) is 9.69 Å². The first-order chi connectivity index (χ1) is 11.7. The van der Waals surface area contributed by atoms with Crippen LogP contribution in [0.5, 0.6) is 0 Å². The van der Waals surface area contributed by atoms with Gasteiger partial charge in [-0.25, -0.2) is 9.97 Å². The van der Waals surface area contributed by atoms with Crippen LogP contribution in [0, 0.1) is 6.92 Å². The summed E-state index contributed by atoms with van der Waals surface area (Å²) in [4.78, 5) is 28.1. The van der Waals surface area contributed by atoms with Crippen LogP contribution in [0.3, 0.4) is 0 Å². The zero-order valence-electron chi connectivity index (χ0n) is 13.5. The smallest absolute Gasteiger partial charge is 0.255 e. The first-order valence-corrected chi connectivity index (χ1v) is 8.82. The summed E-state index contributed by atoms with van der Waals surface area (Å²) in [5.41, 5.74) is 2.62. The predicted octanol–water partition coefficient (Wildman–Crippen LogP) is 2.76. The molecule has 24 heavy (non-hydrogen) atoms. The lowest BCUT2D eigenvalue weighted by atomic mass is 10.1. The van der Waals surface area contributed by atoms with E-state index in [0.29, 0.717) is 12.4 Å². The molecule has 0 bridgehead atoms. The Balaban J connectivity index is 1.59. The van der Waals surface area contributed by atoms with Gasteiger partial charge in [-0.05, 0) is 6.92 Å². The summed E-state index contributed by atoms with van der Waals surface area (Å²) in [6, 6.07) is 9.78. The quantitative estimate of drug-likeness (QED) is 0.798. The predicted molar refractivity (Wildman–Crippen MR) is 95.0 cm³/mol. The number of hydrogen-bond acceptors (Lipinski definition) is 5. The summed E-state index contributed by atoms with van der Waals surface area (Å²) < 4.78 is 0. The Morgan fingerprint density at radius 2 is 2.12 bits per heavy atom. The van der Waals surface area contributed by atoms with Crippen molar-refractivity contribution in [2.75, 3.05) is 6.54 Å². The van der Waals surface area contributed by atoms with E-state index in [0.717, 1.165) is 41.3 Å². The Kier molecular flexibility index (Phi) is 4.00. The number of H-pyrrole nitrogens is 1. The lowest BCUT2D eigenvalue weighted by Crippen LogP contribution is -2.35. The molecule has 2 aromatic heterocycles. The molecule has 122 valence electrons. The van der Waals surface area contributed by atoms with Crippen LogP contribution in [0.1, 0.15) is 21.1 Å². The van der Waals surface area contributed by atoms with E-state index in [1.54, 1.807) is 11.3 Å². The third-order valence-corrected chi connectivity index (χ3v) is 5.12. The first-order valence-electron chi connectivity index (χ1n) is 8.00. The normalized spacial score (nSPS) is 14.5. The van der Waals surface area contributed by atoms with Crippen molar-refractivity contribution in [1.82, 2.24) is 19.9 Å². The molecule has 3 aromatic rings. The zero-order valence-corrected chi connectivity index (χ0v) is 14.3. The summed E-state index contributed by atoms with van der Waals surface area (Å²) >= 11 is 1.71. The average Bonchev–Trinajstić information content (AvgIpc) is 3.01. The van der Waals surface area contributed by atoms with Gasteiger partial charge in [0.2, 0.25) is 0 Å². The molecule has 0 atom stereocenters. The maximum absolute atomic E-state index is 12.5. The van der Waals surface area contributed by atoms with Crippen molar-refractivity contribution >= 4 is 11.3 Å². The monoisotopic (exact) mass is 338 g/mol. The summed E-state index contributed by atoms with van der Waals surface area (Å²) in [5.74, 6) is 0.656. The van der Waals surface area contributed by atoms with Gasteiger partial charge in [0, 0.05) is 36.1 Å². The van der Waals surface area contributed by atoms with E-state index in [1.165, 1.54) is 4.88 Å². The highest BCUT2D eigenvalue weighted by Gasteiger charge is 2.22.